The van der Waals surface area contributed by atoms with E-state index in [0.717, 1.165) is 0 Å². The van der Waals surface area contributed by atoms with Gasteiger partial charge in [-0.05, 0) is 43.3 Å². The van der Waals surface area contributed by atoms with Gasteiger partial charge in [-0.25, -0.2) is 0 Å². The lowest BCUT2D eigenvalue weighted by molar-refractivity contribution is 0.101. The van der Waals surface area contributed by atoms with Crippen molar-refractivity contribution in [3.05, 3.63) is 54.1 Å². The number of Topliss-reactive ketones (excluding diaryl/α,β-unsaturated/α-hetero) is 1. The first-order chi connectivity index (χ1) is 9.56. The van der Waals surface area contributed by atoms with Crippen LogP contribution in [0.3, 0.4) is 0 Å². The minimum atomic E-state index is -3.70. The lowest BCUT2D eigenvalue weighted by atomic mass is 10.1. The zero-order valence-corrected chi connectivity index (χ0v) is 11.5. The molecule has 0 radical (unpaired) electrons. The zero-order valence-electron chi connectivity index (χ0n) is 10.6. The summed E-state index contributed by atoms with van der Waals surface area (Å²) in [7, 11) is -3.70. The van der Waals surface area contributed by atoms with E-state index in [-0.39, 0.29) is 5.78 Å². The van der Waals surface area contributed by atoms with Crippen molar-refractivity contribution in [2.24, 2.45) is 0 Å². The first kappa shape index (κ1) is 12.8. The average molecular weight is 290 g/mol. The van der Waals surface area contributed by atoms with E-state index in [2.05, 4.69) is 0 Å². The summed E-state index contributed by atoms with van der Waals surface area (Å²) >= 11 is 0. The van der Waals surface area contributed by atoms with Gasteiger partial charge in [-0.15, -0.1) is 0 Å². The Bertz CT molecular complexity index is 679. The van der Waals surface area contributed by atoms with E-state index in [1.807, 2.05) is 0 Å². The van der Waals surface area contributed by atoms with Crippen molar-refractivity contribution in [2.45, 2.75) is 6.92 Å². The maximum Gasteiger partial charge on any atom is 0.647 e. The van der Waals surface area contributed by atoms with Crippen LogP contribution in [-0.2, 0) is 4.57 Å². The molecular formula is C14H11O5P. The Balaban J connectivity index is 1.79. The highest BCUT2D eigenvalue weighted by Gasteiger charge is 2.40. The molecule has 3 rings (SSSR count). The number of carbonyl (C=O) groups is 1. The van der Waals surface area contributed by atoms with Crippen LogP contribution in [0.5, 0.6) is 17.2 Å². The number of benzene rings is 2. The summed E-state index contributed by atoms with van der Waals surface area (Å²) in [4.78, 5) is 11.2. The predicted molar refractivity (Wildman–Crippen MR) is 72.4 cm³/mol. The van der Waals surface area contributed by atoms with E-state index in [1.165, 1.54) is 6.92 Å². The van der Waals surface area contributed by atoms with Gasteiger partial charge in [0.05, 0.1) is 0 Å². The number of rotatable bonds is 3. The first-order valence-corrected chi connectivity index (χ1v) is 7.41. The van der Waals surface area contributed by atoms with Crippen LogP contribution in [0.2, 0.25) is 0 Å². The van der Waals surface area contributed by atoms with Gasteiger partial charge in [0.25, 0.3) is 0 Å². The van der Waals surface area contributed by atoms with Crippen LogP contribution < -0.4 is 13.6 Å². The highest BCUT2D eigenvalue weighted by molar-refractivity contribution is 7.50. The lowest BCUT2D eigenvalue weighted by Gasteiger charge is -2.10. The predicted octanol–water partition coefficient (Wildman–Crippen LogP) is 3.85. The van der Waals surface area contributed by atoms with Crippen LogP contribution in [0, 0.1) is 0 Å². The number of ketones is 1. The van der Waals surface area contributed by atoms with Crippen molar-refractivity contribution in [2.75, 3.05) is 0 Å². The minimum Gasteiger partial charge on any atom is -0.386 e. The van der Waals surface area contributed by atoms with Crippen LogP contribution in [0.15, 0.2) is 48.5 Å². The quantitative estimate of drug-likeness (QED) is 0.634. The second-order valence-corrected chi connectivity index (χ2v) is 5.69. The number of hydrogen-bond acceptors (Lipinski definition) is 5. The molecule has 0 saturated carbocycles. The van der Waals surface area contributed by atoms with Crippen LogP contribution in [-0.4, -0.2) is 5.78 Å². The summed E-state index contributed by atoms with van der Waals surface area (Å²) < 4.78 is 28.0. The highest BCUT2D eigenvalue weighted by atomic mass is 31.2. The molecule has 1 aliphatic rings. The summed E-state index contributed by atoms with van der Waals surface area (Å²) in [5, 5.41) is 0. The molecule has 0 aliphatic carbocycles. The van der Waals surface area contributed by atoms with Gasteiger partial charge in [0.2, 0.25) is 0 Å². The number of hydrogen-bond donors (Lipinski definition) is 0. The molecule has 20 heavy (non-hydrogen) atoms. The Hall–Kier alpha value is -2.26. The molecule has 5 nitrogen and oxygen atoms in total. The number of fused-ring (bicyclic) bond motifs is 1. The molecule has 1 aliphatic heterocycles. The SMILES string of the molecule is CC(=O)c1ccc(OP2(=O)Oc3ccccc3O2)cc1. The van der Waals surface area contributed by atoms with Crippen molar-refractivity contribution in [1.29, 1.82) is 0 Å². The Kier molecular flexibility index (Phi) is 2.99. The van der Waals surface area contributed by atoms with Crippen LogP contribution in [0.4, 0.5) is 0 Å². The van der Waals surface area contributed by atoms with Crippen molar-refractivity contribution < 1.29 is 22.9 Å². The van der Waals surface area contributed by atoms with Gasteiger partial charge in [-0.1, -0.05) is 12.1 Å². The van der Waals surface area contributed by atoms with Gasteiger partial charge in [0.15, 0.2) is 17.3 Å². The second kappa shape index (κ2) is 4.69. The van der Waals surface area contributed by atoms with Crippen LogP contribution >= 0.6 is 7.82 Å². The molecule has 0 aromatic heterocycles. The van der Waals surface area contributed by atoms with E-state index in [4.69, 9.17) is 13.6 Å². The largest absolute Gasteiger partial charge is 0.647 e. The third-order valence-corrected chi connectivity index (χ3v) is 4.02. The highest BCUT2D eigenvalue weighted by Crippen LogP contribution is 2.58. The smallest absolute Gasteiger partial charge is 0.386 e. The normalized spacial score (nSPS) is 14.8. The maximum absolute atomic E-state index is 12.3. The molecule has 1 heterocycles. The Labute approximate surface area is 115 Å². The lowest BCUT2D eigenvalue weighted by Crippen LogP contribution is -2.01. The third kappa shape index (κ3) is 2.40. The van der Waals surface area contributed by atoms with Gasteiger partial charge < -0.3 is 13.6 Å². The van der Waals surface area contributed by atoms with E-state index in [0.29, 0.717) is 22.8 Å². The molecule has 0 amide bonds. The number of para-hydroxylation sites is 2. The fourth-order valence-corrected chi connectivity index (χ4v) is 3.05. The van der Waals surface area contributed by atoms with Crippen LogP contribution in [0.1, 0.15) is 17.3 Å². The van der Waals surface area contributed by atoms with Crippen molar-refractivity contribution in [3.8, 4) is 17.2 Å². The number of phosphoric ester groups is 1. The molecule has 0 saturated heterocycles. The summed E-state index contributed by atoms with van der Waals surface area (Å²) in [6.45, 7) is 1.47. The molecule has 0 N–H and O–H groups in total. The molecule has 102 valence electrons. The van der Waals surface area contributed by atoms with Gasteiger partial charge in [0.1, 0.15) is 5.75 Å². The molecule has 0 spiro atoms. The maximum atomic E-state index is 12.3. The molecule has 0 fully saturated rings. The third-order valence-electron chi connectivity index (χ3n) is 2.75. The fraction of sp³-hybridized carbons (Fsp3) is 0.0714. The van der Waals surface area contributed by atoms with Crippen molar-refractivity contribution >= 4 is 13.6 Å². The van der Waals surface area contributed by atoms with Crippen molar-refractivity contribution in [1.82, 2.24) is 0 Å². The van der Waals surface area contributed by atoms with Crippen LogP contribution in [0.25, 0.3) is 0 Å². The second-order valence-electron chi connectivity index (χ2n) is 4.25. The molecule has 0 unspecified atom stereocenters. The molecule has 0 atom stereocenters. The van der Waals surface area contributed by atoms with Gasteiger partial charge in [-0.2, -0.15) is 4.57 Å². The topological polar surface area (TPSA) is 61.8 Å². The first-order valence-electron chi connectivity index (χ1n) is 5.95. The Morgan fingerprint density at radius 1 is 1.00 bits per heavy atom. The van der Waals surface area contributed by atoms with Gasteiger partial charge in [0, 0.05) is 5.56 Å². The number of carbonyl (C=O) groups excluding carboxylic acids is 1. The van der Waals surface area contributed by atoms with E-state index in [9.17, 15) is 9.36 Å². The molecule has 2 aromatic carbocycles. The monoisotopic (exact) mass is 290 g/mol. The van der Waals surface area contributed by atoms with Gasteiger partial charge >= 0.3 is 7.82 Å². The molecule has 6 heteroatoms. The summed E-state index contributed by atoms with van der Waals surface area (Å²) in [6.07, 6.45) is 0. The Morgan fingerprint density at radius 3 is 2.05 bits per heavy atom. The van der Waals surface area contributed by atoms with E-state index < -0.39 is 7.82 Å². The molecule has 0 bridgehead atoms. The molecular weight excluding hydrogens is 279 g/mol. The minimum absolute atomic E-state index is 0.0519. The summed E-state index contributed by atoms with van der Waals surface area (Å²) in [5.41, 5.74) is 0.548. The zero-order chi connectivity index (χ0) is 14.2. The van der Waals surface area contributed by atoms with Crippen molar-refractivity contribution in [3.63, 3.8) is 0 Å². The average Bonchev–Trinajstić information content (AvgIpc) is 2.75. The summed E-state index contributed by atoms with van der Waals surface area (Å²) in [5.74, 6) is 1.03. The standard InChI is InChI=1S/C14H11O5P/c1-10(15)11-6-8-12(9-7-11)17-20(16)18-13-4-2-3-5-14(13)19-20/h2-9H,1H3. The summed E-state index contributed by atoms with van der Waals surface area (Å²) in [6, 6.07) is 13.1. The number of phosphoric acid groups is 1. The molecule has 2 aromatic rings. The fourth-order valence-electron chi connectivity index (χ4n) is 1.78. The van der Waals surface area contributed by atoms with E-state index >= 15 is 0 Å². The van der Waals surface area contributed by atoms with Gasteiger partial charge in [-0.3, -0.25) is 4.79 Å². The van der Waals surface area contributed by atoms with E-state index in [1.54, 1.807) is 48.5 Å². The Morgan fingerprint density at radius 2 is 1.55 bits per heavy atom.